The first-order chi connectivity index (χ1) is 26.4. The highest BCUT2D eigenvalue weighted by atomic mass is 35.5. The zero-order chi connectivity index (χ0) is 38.9. The van der Waals surface area contributed by atoms with Crippen molar-refractivity contribution in [2.75, 3.05) is 37.0 Å². The number of carbonyl (C=O) groups is 2. The summed E-state index contributed by atoms with van der Waals surface area (Å²) in [6.07, 6.45) is 12.6. The van der Waals surface area contributed by atoms with Gasteiger partial charge in [0.1, 0.15) is 28.2 Å². The molecule has 2 aromatic carbocycles. The van der Waals surface area contributed by atoms with Crippen LogP contribution in [-0.2, 0) is 27.8 Å². The molecule has 4 heterocycles. The fraction of sp³-hybridized carbons (Fsp3) is 0.622. The number of amides is 1. The van der Waals surface area contributed by atoms with E-state index in [2.05, 4.69) is 50.0 Å². The average Bonchev–Trinajstić information content (AvgIpc) is 3.15. The highest BCUT2D eigenvalue weighted by Crippen LogP contribution is 2.56. The number of rotatable bonds is 14. The third-order valence-electron chi connectivity index (χ3n) is 13.0. The minimum atomic E-state index is -0.638. The number of aromatic hydroxyl groups is 1. The van der Waals surface area contributed by atoms with E-state index in [-0.39, 0.29) is 53.3 Å². The van der Waals surface area contributed by atoms with Crippen molar-refractivity contribution in [3.63, 3.8) is 0 Å². The zero-order valence-corrected chi connectivity index (χ0v) is 34.0. The summed E-state index contributed by atoms with van der Waals surface area (Å²) in [7, 11) is 0. The van der Waals surface area contributed by atoms with Crippen molar-refractivity contribution in [3.05, 3.63) is 62.5 Å². The first-order valence-electron chi connectivity index (χ1n) is 20.8. The molecule has 55 heavy (non-hydrogen) atoms. The molecule has 0 radical (unpaired) electrons. The number of anilines is 1. The normalized spacial score (nSPS) is 21.3. The first-order valence-corrected chi connectivity index (χ1v) is 21.3. The molecular weight excluding hydrogens is 716 g/mol. The smallest absolute Gasteiger partial charge is 0.349 e. The van der Waals surface area contributed by atoms with Crippen LogP contribution in [0.1, 0.15) is 143 Å². The van der Waals surface area contributed by atoms with Crippen molar-refractivity contribution in [2.24, 2.45) is 11.8 Å². The molecule has 3 aromatic rings. The summed E-state index contributed by atoms with van der Waals surface area (Å²) in [5, 5.41) is 15.1. The summed E-state index contributed by atoms with van der Waals surface area (Å²) < 4.78 is 18.2. The highest BCUT2D eigenvalue weighted by Gasteiger charge is 2.48. The quantitative estimate of drug-likeness (QED) is 0.0721. The summed E-state index contributed by atoms with van der Waals surface area (Å²) >= 11 is 5.86. The van der Waals surface area contributed by atoms with Crippen LogP contribution in [-0.4, -0.2) is 54.7 Å². The van der Waals surface area contributed by atoms with E-state index in [1.165, 1.54) is 11.3 Å². The van der Waals surface area contributed by atoms with Gasteiger partial charge in [0.15, 0.2) is 0 Å². The van der Waals surface area contributed by atoms with Gasteiger partial charge < -0.3 is 29.2 Å². The number of hydrogen-bond acceptors (Lipinski definition) is 8. The number of unbranched alkanes of at least 4 members (excludes halogenated alkanes) is 3. The van der Waals surface area contributed by atoms with Crippen LogP contribution in [0.5, 0.6) is 11.5 Å². The van der Waals surface area contributed by atoms with Crippen molar-refractivity contribution in [3.8, 4) is 11.5 Å². The molecule has 10 heteroatoms. The number of ether oxygens (including phenoxy) is 2. The second-order valence-corrected chi connectivity index (χ2v) is 18.1. The Kier molecular flexibility index (Phi) is 11.8. The summed E-state index contributed by atoms with van der Waals surface area (Å²) in [4.78, 5) is 41.3. The maximum Gasteiger partial charge on any atom is 0.349 e. The van der Waals surface area contributed by atoms with Gasteiger partial charge in [-0.15, -0.1) is 11.6 Å². The zero-order valence-electron chi connectivity index (χ0n) is 33.2. The number of halogens is 1. The van der Waals surface area contributed by atoms with Gasteiger partial charge in [0.2, 0.25) is 0 Å². The predicted octanol–water partition coefficient (Wildman–Crippen LogP) is 9.09. The standard InChI is InChI=1S/C45H59ClN2O7/c1-44(2,17-7-5-6-8-18-46)31-25-36(49)39-33-22-28(15-16-35(33)45(3,4)55-37(39)26-31)27-53-38(50)14-9-19-47-42(51)34-24-30-23-29-12-10-20-48-21-11-13-32(40(29)48)41(30)54-43(34)52/h23-26,28,33,35,49H,5-22,27H2,1-4H3,(H,47,51)/t28-,33-,35-/m1/s1. The van der Waals surface area contributed by atoms with Crippen molar-refractivity contribution >= 4 is 40.1 Å². The molecule has 1 aliphatic carbocycles. The summed E-state index contributed by atoms with van der Waals surface area (Å²) in [5.41, 5.74) is 5.00. The van der Waals surface area contributed by atoms with Crippen LogP contribution in [0.25, 0.3) is 11.0 Å². The maximum atomic E-state index is 13.1. The topological polar surface area (TPSA) is 118 Å². The number of hydrogen-bond donors (Lipinski definition) is 2. The first kappa shape index (κ1) is 39.5. The Morgan fingerprint density at radius 1 is 1.04 bits per heavy atom. The lowest BCUT2D eigenvalue weighted by Crippen LogP contribution is -2.47. The highest BCUT2D eigenvalue weighted by molar-refractivity contribution is 6.17. The van der Waals surface area contributed by atoms with E-state index in [1.807, 2.05) is 6.07 Å². The number of esters is 1. The Morgan fingerprint density at radius 3 is 2.62 bits per heavy atom. The van der Waals surface area contributed by atoms with Crippen LogP contribution in [0, 0.1) is 11.8 Å². The third kappa shape index (κ3) is 8.38. The molecule has 0 bridgehead atoms. The lowest BCUT2D eigenvalue weighted by Gasteiger charge is -2.49. The van der Waals surface area contributed by atoms with Gasteiger partial charge >= 0.3 is 11.6 Å². The van der Waals surface area contributed by atoms with Crippen LogP contribution in [0.3, 0.4) is 0 Å². The minimum Gasteiger partial charge on any atom is -0.508 e. The molecule has 1 amide bonds. The Hall–Kier alpha value is -3.72. The minimum absolute atomic E-state index is 0.0148. The monoisotopic (exact) mass is 774 g/mol. The van der Waals surface area contributed by atoms with Crippen LogP contribution < -0.4 is 20.6 Å². The predicted molar refractivity (Wildman–Crippen MR) is 217 cm³/mol. The number of phenolic OH excluding ortho intramolecular Hbond substituents is 1. The fourth-order valence-corrected chi connectivity index (χ4v) is 10.1. The Bertz CT molecular complexity index is 1970. The van der Waals surface area contributed by atoms with E-state index in [1.54, 1.807) is 6.07 Å². The Balaban J connectivity index is 0.914. The Morgan fingerprint density at radius 2 is 1.82 bits per heavy atom. The molecule has 0 spiro atoms. The van der Waals surface area contributed by atoms with Crippen molar-refractivity contribution in [1.29, 1.82) is 0 Å². The second kappa shape index (κ2) is 16.4. The molecule has 3 aliphatic heterocycles. The van der Waals surface area contributed by atoms with Gasteiger partial charge in [-0.1, -0.05) is 33.1 Å². The van der Waals surface area contributed by atoms with E-state index in [4.69, 9.17) is 25.5 Å². The molecule has 0 unspecified atom stereocenters. The van der Waals surface area contributed by atoms with E-state index < -0.39 is 11.5 Å². The summed E-state index contributed by atoms with van der Waals surface area (Å²) in [6.45, 7) is 11.4. The SMILES string of the molecule is CC(C)(CCCCCCCl)c1cc(O)c2c(c1)OC(C)(C)[C@@H]1CC[C@@H](COC(=O)CCCNC(=O)c3cc4cc5c6c(c4oc3=O)CCCN6CCC5)C[C@@H]21. The van der Waals surface area contributed by atoms with Crippen molar-refractivity contribution in [1.82, 2.24) is 5.32 Å². The fourth-order valence-electron chi connectivity index (χ4n) is 9.96. The molecule has 1 aromatic heterocycles. The van der Waals surface area contributed by atoms with Gasteiger partial charge in [0, 0.05) is 60.1 Å². The van der Waals surface area contributed by atoms with Crippen LogP contribution in [0.15, 0.2) is 33.5 Å². The number of nitrogens with zero attached hydrogens (tertiary/aromatic N) is 1. The van der Waals surface area contributed by atoms with E-state index in [0.717, 1.165) is 118 Å². The van der Waals surface area contributed by atoms with Gasteiger partial charge in [-0.25, -0.2) is 4.79 Å². The average molecular weight is 775 g/mol. The van der Waals surface area contributed by atoms with E-state index in [9.17, 15) is 19.5 Å². The number of nitrogens with one attached hydrogen (secondary N) is 1. The molecule has 4 aliphatic rings. The number of benzene rings is 2. The molecule has 7 rings (SSSR count). The maximum absolute atomic E-state index is 13.1. The van der Waals surface area contributed by atoms with Gasteiger partial charge in [0.25, 0.3) is 5.91 Å². The summed E-state index contributed by atoms with van der Waals surface area (Å²) in [6, 6.07) is 7.83. The van der Waals surface area contributed by atoms with Crippen LogP contribution in [0.4, 0.5) is 5.69 Å². The van der Waals surface area contributed by atoms with E-state index in [0.29, 0.717) is 30.2 Å². The molecule has 0 saturated heterocycles. The number of alkyl halides is 1. The van der Waals surface area contributed by atoms with Gasteiger partial charge in [-0.2, -0.15) is 0 Å². The number of fused-ring (bicyclic) bond motifs is 5. The molecule has 1 fully saturated rings. The molecule has 1 saturated carbocycles. The molecule has 9 nitrogen and oxygen atoms in total. The largest absolute Gasteiger partial charge is 0.508 e. The Labute approximate surface area is 330 Å². The number of carbonyl (C=O) groups excluding carboxylic acids is 2. The third-order valence-corrected chi connectivity index (χ3v) is 13.2. The van der Waals surface area contributed by atoms with Crippen LogP contribution in [0.2, 0.25) is 0 Å². The second-order valence-electron chi connectivity index (χ2n) is 17.7. The number of phenols is 1. The molecule has 2 N–H and O–H groups in total. The molecular formula is C45H59ClN2O7. The van der Waals surface area contributed by atoms with Gasteiger partial charge in [0.05, 0.1) is 6.61 Å². The number of aryl methyl sites for hydroxylation is 2. The summed E-state index contributed by atoms with van der Waals surface area (Å²) in [5.74, 6) is 1.51. The molecule has 3 atom stereocenters. The lowest BCUT2D eigenvalue weighted by atomic mass is 9.63. The molecule has 298 valence electrons. The lowest BCUT2D eigenvalue weighted by molar-refractivity contribution is -0.146. The van der Waals surface area contributed by atoms with Gasteiger partial charge in [-0.05, 0) is 131 Å². The van der Waals surface area contributed by atoms with Crippen LogP contribution >= 0.6 is 11.6 Å². The van der Waals surface area contributed by atoms with Crippen molar-refractivity contribution < 1.29 is 28.6 Å². The van der Waals surface area contributed by atoms with E-state index >= 15 is 0 Å². The van der Waals surface area contributed by atoms with Crippen molar-refractivity contribution in [2.45, 2.75) is 135 Å². The van der Waals surface area contributed by atoms with Gasteiger partial charge in [-0.3, -0.25) is 9.59 Å².